The van der Waals surface area contributed by atoms with Crippen LogP contribution in [0.1, 0.15) is 31.0 Å². The van der Waals surface area contributed by atoms with E-state index in [9.17, 15) is 9.59 Å². The molecule has 38 heavy (non-hydrogen) atoms. The van der Waals surface area contributed by atoms with Crippen LogP contribution < -0.4 is 29.7 Å². The molecule has 0 spiro atoms. The van der Waals surface area contributed by atoms with Crippen molar-refractivity contribution in [2.75, 3.05) is 19.0 Å². The maximum absolute atomic E-state index is 13.9. The third kappa shape index (κ3) is 4.90. The highest BCUT2D eigenvalue weighted by atomic mass is 32.1. The zero-order chi connectivity index (χ0) is 26.6. The molecular formula is C30H27N3O4S. The fraction of sp³-hybridized carbons (Fsp3) is 0.167. The number of anilines is 1. The monoisotopic (exact) mass is 525 g/mol. The first-order valence-electron chi connectivity index (χ1n) is 12.2. The van der Waals surface area contributed by atoms with E-state index in [2.05, 4.69) is 5.32 Å². The number of aromatic nitrogens is 1. The zero-order valence-corrected chi connectivity index (χ0v) is 22.1. The van der Waals surface area contributed by atoms with Gasteiger partial charge >= 0.3 is 0 Å². The van der Waals surface area contributed by atoms with Crippen LogP contribution in [0.2, 0.25) is 0 Å². The number of benzene rings is 3. The summed E-state index contributed by atoms with van der Waals surface area (Å²) in [5.74, 6) is 1.07. The summed E-state index contributed by atoms with van der Waals surface area (Å²) in [5.41, 5.74) is 2.99. The summed E-state index contributed by atoms with van der Waals surface area (Å²) < 4.78 is 13.2. The highest BCUT2D eigenvalue weighted by molar-refractivity contribution is 7.07. The topological polar surface area (TPSA) is 81.9 Å². The number of fused-ring (bicyclic) bond motifs is 1. The van der Waals surface area contributed by atoms with E-state index in [4.69, 9.17) is 14.5 Å². The first-order chi connectivity index (χ1) is 18.5. The Morgan fingerprint density at radius 1 is 1.05 bits per heavy atom. The second-order valence-electron chi connectivity index (χ2n) is 8.65. The molecule has 1 aliphatic heterocycles. The van der Waals surface area contributed by atoms with E-state index >= 15 is 0 Å². The number of para-hydroxylation sites is 2. The standard InChI is InChI=1S/C30H27N3O4S/c1-4-37-24-13-9-8-10-21(24)18-25-29(35)33-27(20-14-16-23(36-3)17-15-20)26(19(2)31-30(33)38-25)28(34)32-22-11-6-5-7-12-22/h5-18,27H,4H2,1-3H3,(H,32,34)/b25-18+/t27-/m1/s1. The summed E-state index contributed by atoms with van der Waals surface area (Å²) in [7, 11) is 1.60. The van der Waals surface area contributed by atoms with Gasteiger partial charge in [-0.05, 0) is 55.8 Å². The van der Waals surface area contributed by atoms with Gasteiger partial charge in [0, 0.05) is 11.3 Å². The van der Waals surface area contributed by atoms with E-state index in [1.54, 1.807) is 18.6 Å². The van der Waals surface area contributed by atoms with Crippen LogP contribution in [0.25, 0.3) is 6.08 Å². The molecule has 192 valence electrons. The fourth-order valence-corrected chi connectivity index (χ4v) is 5.50. The van der Waals surface area contributed by atoms with Gasteiger partial charge in [0.25, 0.3) is 11.5 Å². The molecule has 7 nitrogen and oxygen atoms in total. The summed E-state index contributed by atoms with van der Waals surface area (Å²) in [5, 5.41) is 2.96. The molecule has 1 atom stereocenters. The lowest BCUT2D eigenvalue weighted by Crippen LogP contribution is -2.40. The van der Waals surface area contributed by atoms with Crippen molar-refractivity contribution in [3.05, 3.63) is 121 Å². The van der Waals surface area contributed by atoms with E-state index in [0.717, 1.165) is 11.1 Å². The molecule has 4 aromatic rings. The van der Waals surface area contributed by atoms with Gasteiger partial charge in [-0.1, -0.05) is 59.9 Å². The number of hydrogen-bond donors (Lipinski definition) is 1. The van der Waals surface area contributed by atoms with E-state index in [1.165, 1.54) is 11.3 Å². The van der Waals surface area contributed by atoms with Crippen molar-refractivity contribution < 1.29 is 14.3 Å². The van der Waals surface area contributed by atoms with Crippen LogP contribution in [0.5, 0.6) is 11.5 Å². The van der Waals surface area contributed by atoms with Crippen molar-refractivity contribution >= 4 is 29.0 Å². The SMILES string of the molecule is CCOc1ccccc1/C=c1/sc2n(c1=O)[C@H](c1ccc(OC)cc1)C(C(=O)Nc1ccccc1)=C(C)N=2. The maximum Gasteiger partial charge on any atom is 0.271 e. The molecule has 0 saturated carbocycles. The van der Waals surface area contributed by atoms with Crippen LogP contribution in [0.4, 0.5) is 5.69 Å². The van der Waals surface area contributed by atoms with Crippen LogP contribution in [-0.4, -0.2) is 24.2 Å². The number of nitrogens with zero attached hydrogens (tertiary/aromatic N) is 2. The maximum atomic E-state index is 13.9. The molecule has 3 aromatic carbocycles. The Morgan fingerprint density at radius 3 is 2.47 bits per heavy atom. The lowest BCUT2D eigenvalue weighted by Gasteiger charge is -2.25. The number of rotatable bonds is 7. The van der Waals surface area contributed by atoms with Gasteiger partial charge in [0.05, 0.1) is 35.6 Å². The van der Waals surface area contributed by atoms with Gasteiger partial charge < -0.3 is 14.8 Å². The molecule has 0 aliphatic carbocycles. The van der Waals surface area contributed by atoms with Gasteiger partial charge in [0.1, 0.15) is 11.5 Å². The number of carbonyl (C=O) groups excluding carboxylic acids is 1. The molecule has 0 saturated heterocycles. The van der Waals surface area contributed by atoms with E-state index < -0.39 is 6.04 Å². The molecule has 5 rings (SSSR count). The predicted molar refractivity (Wildman–Crippen MR) is 149 cm³/mol. The van der Waals surface area contributed by atoms with Gasteiger partial charge in [-0.2, -0.15) is 0 Å². The smallest absolute Gasteiger partial charge is 0.271 e. The van der Waals surface area contributed by atoms with Crippen LogP contribution >= 0.6 is 11.3 Å². The molecule has 8 heteroatoms. The number of ether oxygens (including phenoxy) is 2. The molecule has 0 unspecified atom stereocenters. The quantitative estimate of drug-likeness (QED) is 0.391. The second-order valence-corrected chi connectivity index (χ2v) is 9.66. The molecule has 0 radical (unpaired) electrons. The van der Waals surface area contributed by atoms with Crippen molar-refractivity contribution in [2.45, 2.75) is 19.9 Å². The Labute approximate surface area is 224 Å². The third-order valence-electron chi connectivity index (χ3n) is 6.23. The molecule has 1 N–H and O–H groups in total. The number of amides is 1. The first-order valence-corrected chi connectivity index (χ1v) is 13.1. The lowest BCUT2D eigenvalue weighted by molar-refractivity contribution is -0.113. The van der Waals surface area contributed by atoms with Crippen molar-refractivity contribution in [1.29, 1.82) is 0 Å². The fourth-order valence-electron chi connectivity index (χ4n) is 4.46. The molecular weight excluding hydrogens is 498 g/mol. The largest absolute Gasteiger partial charge is 0.497 e. The Balaban J connectivity index is 1.67. The van der Waals surface area contributed by atoms with Crippen molar-refractivity contribution in [3.8, 4) is 11.5 Å². The summed E-state index contributed by atoms with van der Waals surface area (Å²) in [6, 6.07) is 23.6. The third-order valence-corrected chi connectivity index (χ3v) is 7.22. The van der Waals surface area contributed by atoms with Crippen molar-refractivity contribution in [2.24, 2.45) is 4.99 Å². The molecule has 1 aromatic heterocycles. The summed E-state index contributed by atoms with van der Waals surface area (Å²) in [6.07, 6.45) is 1.82. The van der Waals surface area contributed by atoms with E-state index in [1.807, 2.05) is 91.9 Å². The van der Waals surface area contributed by atoms with Gasteiger partial charge in [0.15, 0.2) is 4.80 Å². The average Bonchev–Trinajstić information content (AvgIpc) is 3.23. The van der Waals surface area contributed by atoms with Gasteiger partial charge in [-0.3, -0.25) is 14.2 Å². The predicted octanol–water partition coefficient (Wildman–Crippen LogP) is 4.28. The van der Waals surface area contributed by atoms with Gasteiger partial charge in [0.2, 0.25) is 0 Å². The second kappa shape index (κ2) is 10.9. The number of thiazole rings is 1. The van der Waals surface area contributed by atoms with Crippen molar-refractivity contribution in [3.63, 3.8) is 0 Å². The average molecular weight is 526 g/mol. The van der Waals surface area contributed by atoms with Gasteiger partial charge in [-0.25, -0.2) is 4.99 Å². The highest BCUT2D eigenvalue weighted by Gasteiger charge is 2.32. The lowest BCUT2D eigenvalue weighted by atomic mass is 9.95. The highest BCUT2D eigenvalue weighted by Crippen LogP contribution is 2.31. The molecule has 2 heterocycles. The minimum Gasteiger partial charge on any atom is -0.497 e. The minimum absolute atomic E-state index is 0.224. The first kappa shape index (κ1) is 25.2. The number of methoxy groups -OCH3 is 1. The Morgan fingerprint density at radius 2 is 1.76 bits per heavy atom. The summed E-state index contributed by atoms with van der Waals surface area (Å²) >= 11 is 1.29. The van der Waals surface area contributed by atoms with Crippen molar-refractivity contribution in [1.82, 2.24) is 4.57 Å². The van der Waals surface area contributed by atoms with Gasteiger partial charge in [-0.15, -0.1) is 0 Å². The Hall–Kier alpha value is -4.43. The summed E-state index contributed by atoms with van der Waals surface area (Å²) in [4.78, 5) is 32.8. The van der Waals surface area contributed by atoms with E-state index in [0.29, 0.717) is 44.4 Å². The Kier molecular flexibility index (Phi) is 7.24. The molecule has 0 fully saturated rings. The molecule has 1 amide bonds. The van der Waals surface area contributed by atoms with Crippen LogP contribution in [0, 0.1) is 0 Å². The zero-order valence-electron chi connectivity index (χ0n) is 21.3. The summed E-state index contributed by atoms with van der Waals surface area (Å²) in [6.45, 7) is 4.24. The number of hydrogen-bond acceptors (Lipinski definition) is 6. The van der Waals surface area contributed by atoms with Crippen LogP contribution in [-0.2, 0) is 4.79 Å². The normalized spacial score (nSPS) is 15.0. The minimum atomic E-state index is -0.662. The number of nitrogens with one attached hydrogen (secondary N) is 1. The van der Waals surface area contributed by atoms with Crippen LogP contribution in [0.15, 0.2) is 99.9 Å². The van der Waals surface area contributed by atoms with E-state index in [-0.39, 0.29) is 11.5 Å². The van der Waals surface area contributed by atoms with Crippen LogP contribution in [0.3, 0.4) is 0 Å². The molecule has 0 bridgehead atoms. The molecule has 1 aliphatic rings. The Bertz CT molecular complexity index is 1690. The number of allylic oxidation sites excluding steroid dienone is 1. The number of carbonyl (C=O) groups is 1.